The summed E-state index contributed by atoms with van der Waals surface area (Å²) in [4.78, 5) is 14.9. The van der Waals surface area contributed by atoms with Crippen LogP contribution in [0.1, 0.15) is 29.0 Å². The Bertz CT molecular complexity index is 927. The van der Waals surface area contributed by atoms with Crippen LogP contribution in [0.2, 0.25) is 0 Å². The molecule has 0 unspecified atom stereocenters. The summed E-state index contributed by atoms with van der Waals surface area (Å²) in [6, 6.07) is 17.4. The van der Waals surface area contributed by atoms with Crippen molar-refractivity contribution in [3.63, 3.8) is 0 Å². The molecule has 0 saturated heterocycles. The molecule has 0 radical (unpaired) electrons. The number of carbonyl (C=O) groups is 1. The number of nitrogens with zero attached hydrogens (tertiary/aromatic N) is 1. The number of rotatable bonds is 6. The second kappa shape index (κ2) is 7.27. The van der Waals surface area contributed by atoms with Crippen LogP contribution in [-0.4, -0.2) is 24.0 Å². The highest BCUT2D eigenvalue weighted by molar-refractivity contribution is 5.92. The summed E-state index contributed by atoms with van der Waals surface area (Å²) in [5.74, 6) is 1.22. The minimum absolute atomic E-state index is 0.123. The summed E-state index contributed by atoms with van der Waals surface area (Å²) >= 11 is 0. The monoisotopic (exact) mass is 365 g/mol. The highest BCUT2D eigenvalue weighted by Crippen LogP contribution is 2.31. The zero-order valence-electron chi connectivity index (χ0n) is 15.0. The van der Waals surface area contributed by atoms with Crippen molar-refractivity contribution in [1.29, 1.82) is 0 Å². The van der Waals surface area contributed by atoms with Gasteiger partial charge in [0, 0.05) is 18.2 Å². The average Bonchev–Trinajstić information content (AvgIpc) is 3.42. The molecule has 4 rings (SSSR count). The van der Waals surface area contributed by atoms with Gasteiger partial charge < -0.3 is 14.1 Å². The Morgan fingerprint density at radius 3 is 2.41 bits per heavy atom. The van der Waals surface area contributed by atoms with E-state index in [1.165, 1.54) is 12.1 Å². The van der Waals surface area contributed by atoms with E-state index in [-0.39, 0.29) is 17.8 Å². The fourth-order valence-electron chi connectivity index (χ4n) is 3.04. The Hall–Kier alpha value is -3.08. The third-order valence-electron chi connectivity index (χ3n) is 4.71. The van der Waals surface area contributed by atoms with Crippen LogP contribution in [0.15, 0.2) is 65.1 Å². The molecule has 27 heavy (non-hydrogen) atoms. The molecule has 0 atom stereocenters. The SMILES string of the molecule is COc1ccc(CN(C(=O)c2ccc(-c3ccc(F)cc3)o2)C2CC2)cc1. The maximum absolute atomic E-state index is 13.1. The Morgan fingerprint density at radius 1 is 1.07 bits per heavy atom. The first-order valence-electron chi connectivity index (χ1n) is 8.94. The molecule has 5 heteroatoms. The maximum atomic E-state index is 13.1. The van der Waals surface area contributed by atoms with Crippen LogP contribution < -0.4 is 4.74 Å². The molecule has 1 saturated carbocycles. The van der Waals surface area contributed by atoms with Crippen LogP contribution in [0.3, 0.4) is 0 Å². The van der Waals surface area contributed by atoms with Crippen LogP contribution in [0, 0.1) is 5.82 Å². The molecule has 0 N–H and O–H groups in total. The van der Waals surface area contributed by atoms with Crippen LogP contribution in [0.5, 0.6) is 5.75 Å². The van der Waals surface area contributed by atoms with Crippen LogP contribution in [0.4, 0.5) is 4.39 Å². The van der Waals surface area contributed by atoms with Gasteiger partial charge in [-0.15, -0.1) is 0 Å². The molecule has 1 heterocycles. The largest absolute Gasteiger partial charge is 0.497 e. The molecule has 1 aliphatic rings. The van der Waals surface area contributed by atoms with Gasteiger partial charge in [-0.05, 0) is 66.9 Å². The van der Waals surface area contributed by atoms with Crippen molar-refractivity contribution in [2.75, 3.05) is 7.11 Å². The number of methoxy groups -OCH3 is 1. The molecule has 138 valence electrons. The summed E-state index contributed by atoms with van der Waals surface area (Å²) in [5, 5.41) is 0. The highest BCUT2D eigenvalue weighted by Gasteiger charge is 2.34. The summed E-state index contributed by atoms with van der Waals surface area (Å²) in [7, 11) is 1.63. The molecule has 1 aliphatic carbocycles. The molecular formula is C22H20FNO3. The third kappa shape index (κ3) is 3.87. The number of furan rings is 1. The standard InChI is InChI=1S/C22H20FNO3/c1-26-19-10-2-15(3-11-19)14-24(18-8-9-18)22(25)21-13-12-20(27-21)16-4-6-17(23)7-5-16/h2-7,10-13,18H,8-9,14H2,1H3. The predicted molar refractivity (Wildman–Crippen MR) is 100.0 cm³/mol. The second-order valence-electron chi connectivity index (χ2n) is 6.68. The topological polar surface area (TPSA) is 42.7 Å². The average molecular weight is 365 g/mol. The maximum Gasteiger partial charge on any atom is 0.290 e. The lowest BCUT2D eigenvalue weighted by molar-refractivity contribution is 0.0698. The van der Waals surface area contributed by atoms with Gasteiger partial charge in [0.2, 0.25) is 0 Å². The predicted octanol–water partition coefficient (Wildman–Crippen LogP) is 4.90. The van der Waals surface area contributed by atoms with Crippen molar-refractivity contribution in [2.45, 2.75) is 25.4 Å². The fraction of sp³-hybridized carbons (Fsp3) is 0.227. The first-order valence-corrected chi connectivity index (χ1v) is 8.94. The Balaban J connectivity index is 1.53. The molecule has 3 aromatic rings. The lowest BCUT2D eigenvalue weighted by Gasteiger charge is -2.21. The quantitative estimate of drug-likeness (QED) is 0.624. The molecular weight excluding hydrogens is 345 g/mol. The number of benzene rings is 2. The lowest BCUT2D eigenvalue weighted by atomic mass is 10.2. The lowest BCUT2D eigenvalue weighted by Crippen LogP contribution is -2.32. The molecule has 0 spiro atoms. The molecule has 1 amide bonds. The van der Waals surface area contributed by atoms with Gasteiger partial charge in [-0.3, -0.25) is 4.79 Å². The Kier molecular flexibility index (Phi) is 4.67. The zero-order chi connectivity index (χ0) is 18.8. The third-order valence-corrected chi connectivity index (χ3v) is 4.71. The smallest absolute Gasteiger partial charge is 0.290 e. The van der Waals surface area contributed by atoms with E-state index in [1.807, 2.05) is 29.2 Å². The van der Waals surface area contributed by atoms with Crippen molar-refractivity contribution in [3.8, 4) is 17.1 Å². The van der Waals surface area contributed by atoms with E-state index in [4.69, 9.17) is 9.15 Å². The summed E-state index contributed by atoms with van der Waals surface area (Å²) in [6.45, 7) is 0.528. The van der Waals surface area contributed by atoms with Gasteiger partial charge in [0.05, 0.1) is 7.11 Å². The van der Waals surface area contributed by atoms with Gasteiger partial charge >= 0.3 is 0 Å². The first kappa shape index (κ1) is 17.3. The van der Waals surface area contributed by atoms with E-state index in [0.717, 1.165) is 29.7 Å². The van der Waals surface area contributed by atoms with Gasteiger partial charge in [0.1, 0.15) is 17.3 Å². The second-order valence-corrected chi connectivity index (χ2v) is 6.68. The number of hydrogen-bond donors (Lipinski definition) is 0. The van der Waals surface area contributed by atoms with E-state index in [1.54, 1.807) is 31.4 Å². The normalized spacial score (nSPS) is 13.4. The molecule has 0 aliphatic heterocycles. The van der Waals surface area contributed by atoms with Crippen molar-refractivity contribution in [3.05, 3.63) is 77.8 Å². The van der Waals surface area contributed by atoms with Gasteiger partial charge in [-0.25, -0.2) is 4.39 Å². The Labute approximate surface area is 157 Å². The number of amides is 1. The van der Waals surface area contributed by atoms with Gasteiger partial charge in [-0.2, -0.15) is 0 Å². The molecule has 4 nitrogen and oxygen atoms in total. The molecule has 1 aromatic heterocycles. The number of hydrogen-bond acceptors (Lipinski definition) is 3. The van der Waals surface area contributed by atoms with Crippen LogP contribution >= 0.6 is 0 Å². The minimum Gasteiger partial charge on any atom is -0.497 e. The van der Waals surface area contributed by atoms with Crippen molar-refractivity contribution in [1.82, 2.24) is 4.90 Å². The number of ether oxygens (including phenoxy) is 1. The van der Waals surface area contributed by atoms with E-state index in [2.05, 4.69) is 0 Å². The van der Waals surface area contributed by atoms with E-state index in [9.17, 15) is 9.18 Å². The van der Waals surface area contributed by atoms with E-state index in [0.29, 0.717) is 18.1 Å². The van der Waals surface area contributed by atoms with E-state index >= 15 is 0 Å². The highest BCUT2D eigenvalue weighted by atomic mass is 19.1. The Morgan fingerprint density at radius 2 is 1.78 bits per heavy atom. The molecule has 2 aromatic carbocycles. The van der Waals surface area contributed by atoms with Crippen LogP contribution in [-0.2, 0) is 6.54 Å². The van der Waals surface area contributed by atoms with Gasteiger partial charge in [-0.1, -0.05) is 12.1 Å². The number of carbonyl (C=O) groups excluding carboxylic acids is 1. The summed E-state index contributed by atoms with van der Waals surface area (Å²) in [5.41, 5.74) is 1.78. The summed E-state index contributed by atoms with van der Waals surface area (Å²) in [6.07, 6.45) is 2.01. The van der Waals surface area contributed by atoms with Gasteiger partial charge in [0.15, 0.2) is 5.76 Å². The van der Waals surface area contributed by atoms with Crippen molar-refractivity contribution in [2.24, 2.45) is 0 Å². The van der Waals surface area contributed by atoms with Crippen molar-refractivity contribution < 1.29 is 18.3 Å². The van der Waals surface area contributed by atoms with Crippen LogP contribution in [0.25, 0.3) is 11.3 Å². The summed E-state index contributed by atoms with van der Waals surface area (Å²) < 4.78 is 24.0. The first-order chi connectivity index (χ1) is 13.1. The zero-order valence-corrected chi connectivity index (χ0v) is 15.0. The van der Waals surface area contributed by atoms with Gasteiger partial charge in [0.25, 0.3) is 5.91 Å². The molecule has 1 fully saturated rings. The minimum atomic E-state index is -0.305. The van der Waals surface area contributed by atoms with Crippen molar-refractivity contribution >= 4 is 5.91 Å². The van der Waals surface area contributed by atoms with E-state index < -0.39 is 0 Å². The fourth-order valence-corrected chi connectivity index (χ4v) is 3.04. The molecule has 0 bridgehead atoms. The number of halogens is 1.